The van der Waals surface area contributed by atoms with Gasteiger partial charge in [0.15, 0.2) is 0 Å². The van der Waals surface area contributed by atoms with Crippen LogP contribution in [0.15, 0.2) is 11.5 Å². The number of aliphatic carboxylic acids is 1. The van der Waals surface area contributed by atoms with Crippen molar-refractivity contribution in [2.24, 2.45) is 5.92 Å². The molecule has 0 spiro atoms. The first-order valence-electron chi connectivity index (χ1n) is 6.02. The smallest absolute Gasteiger partial charge is 0.481 e. The second kappa shape index (κ2) is 3.85. The number of carboxylic acids is 1. The number of allylic oxidation sites excluding steroid dienone is 1. The summed E-state index contributed by atoms with van der Waals surface area (Å²) in [6, 6.07) is 0. The van der Waals surface area contributed by atoms with E-state index >= 15 is 0 Å². The molecule has 1 heterocycles. The third-order valence-corrected chi connectivity index (χ3v) is 4.03. The molecule has 5 heteroatoms. The summed E-state index contributed by atoms with van der Waals surface area (Å²) in [5, 5.41) is 8.95. The Morgan fingerprint density at radius 2 is 1.88 bits per heavy atom. The highest BCUT2D eigenvalue weighted by Crippen LogP contribution is 2.41. The van der Waals surface area contributed by atoms with E-state index in [9.17, 15) is 4.79 Å². The van der Waals surface area contributed by atoms with Crippen LogP contribution >= 0.6 is 0 Å². The maximum atomic E-state index is 10.9. The highest BCUT2D eigenvalue weighted by atomic mass is 16.7. The molecule has 1 unspecified atom stereocenters. The van der Waals surface area contributed by atoms with Crippen molar-refractivity contribution >= 4 is 13.1 Å². The Balaban J connectivity index is 2.12. The molecule has 2 aliphatic rings. The van der Waals surface area contributed by atoms with Crippen LogP contribution in [0.3, 0.4) is 0 Å². The lowest BCUT2D eigenvalue weighted by atomic mass is 9.78. The molecule has 0 aromatic carbocycles. The van der Waals surface area contributed by atoms with Gasteiger partial charge in [0.25, 0.3) is 0 Å². The van der Waals surface area contributed by atoms with Crippen LogP contribution in [0.5, 0.6) is 0 Å². The first-order chi connectivity index (χ1) is 7.73. The summed E-state index contributed by atoms with van der Waals surface area (Å²) in [5.74, 6) is -1.15. The molecule has 0 aromatic heterocycles. The summed E-state index contributed by atoms with van der Waals surface area (Å²) in [7, 11) is -0.385. The van der Waals surface area contributed by atoms with E-state index in [0.717, 1.165) is 11.9 Å². The Bertz CT molecular complexity index is 357. The Labute approximate surface area is 102 Å². The standard InChI is InChI=1S/C12H19BO4/c1-11(2)12(3,4)17-13(16-11)9-6-5-8(7-9)10(14)15/h7-8H,5-6H2,1-4H3,(H,14,15). The van der Waals surface area contributed by atoms with Gasteiger partial charge in [0.05, 0.1) is 17.1 Å². The fourth-order valence-corrected chi connectivity index (χ4v) is 2.13. The highest BCUT2D eigenvalue weighted by molar-refractivity contribution is 6.54. The van der Waals surface area contributed by atoms with Crippen molar-refractivity contribution in [3.63, 3.8) is 0 Å². The predicted octanol–water partition coefficient (Wildman–Crippen LogP) is 2.04. The monoisotopic (exact) mass is 238 g/mol. The molecule has 1 fully saturated rings. The molecule has 1 N–H and O–H groups in total. The Morgan fingerprint density at radius 1 is 1.35 bits per heavy atom. The molecular weight excluding hydrogens is 219 g/mol. The van der Waals surface area contributed by atoms with Gasteiger partial charge in [0, 0.05) is 0 Å². The van der Waals surface area contributed by atoms with Crippen molar-refractivity contribution in [1.29, 1.82) is 0 Å². The van der Waals surface area contributed by atoms with Crippen LogP contribution in [0, 0.1) is 5.92 Å². The molecule has 0 aromatic rings. The fraction of sp³-hybridized carbons (Fsp3) is 0.750. The lowest BCUT2D eigenvalue weighted by molar-refractivity contribution is -0.140. The normalized spacial score (nSPS) is 30.5. The van der Waals surface area contributed by atoms with E-state index in [2.05, 4.69) is 0 Å². The average molecular weight is 238 g/mol. The zero-order valence-corrected chi connectivity index (χ0v) is 10.8. The average Bonchev–Trinajstić information content (AvgIpc) is 2.70. The maximum absolute atomic E-state index is 10.9. The van der Waals surface area contributed by atoms with E-state index in [1.807, 2.05) is 27.7 Å². The quantitative estimate of drug-likeness (QED) is 0.748. The van der Waals surface area contributed by atoms with Gasteiger partial charge in [-0.2, -0.15) is 0 Å². The SMILES string of the molecule is CC1(C)OB(C2=CC(C(=O)O)CC2)OC1(C)C. The van der Waals surface area contributed by atoms with Gasteiger partial charge in [-0.05, 0) is 46.0 Å². The van der Waals surface area contributed by atoms with Gasteiger partial charge in [-0.15, -0.1) is 0 Å². The molecule has 17 heavy (non-hydrogen) atoms. The van der Waals surface area contributed by atoms with Crippen LogP contribution in [0.2, 0.25) is 0 Å². The first kappa shape index (κ1) is 12.6. The molecule has 94 valence electrons. The summed E-state index contributed by atoms with van der Waals surface area (Å²) in [5.41, 5.74) is 0.246. The Hall–Kier alpha value is -0.805. The van der Waals surface area contributed by atoms with Crippen LogP contribution in [0.4, 0.5) is 0 Å². The van der Waals surface area contributed by atoms with Gasteiger partial charge in [0.1, 0.15) is 0 Å². The van der Waals surface area contributed by atoms with Crippen LogP contribution in [0.25, 0.3) is 0 Å². The summed E-state index contributed by atoms with van der Waals surface area (Å²) in [6.07, 6.45) is 3.17. The second-order valence-electron chi connectivity index (χ2n) is 5.81. The van der Waals surface area contributed by atoms with Crippen molar-refractivity contribution < 1.29 is 19.2 Å². The zero-order chi connectivity index (χ0) is 12.8. The highest BCUT2D eigenvalue weighted by Gasteiger charge is 2.52. The lowest BCUT2D eigenvalue weighted by Gasteiger charge is -2.32. The largest absolute Gasteiger partial charge is 0.490 e. The molecule has 0 bridgehead atoms. The van der Waals surface area contributed by atoms with E-state index in [1.54, 1.807) is 6.08 Å². The van der Waals surface area contributed by atoms with Gasteiger partial charge >= 0.3 is 13.1 Å². The topological polar surface area (TPSA) is 55.8 Å². The number of carbonyl (C=O) groups is 1. The summed E-state index contributed by atoms with van der Waals surface area (Å²) in [6.45, 7) is 7.99. The van der Waals surface area contributed by atoms with Gasteiger partial charge in [-0.1, -0.05) is 6.08 Å². The molecule has 1 aliphatic heterocycles. The Morgan fingerprint density at radius 3 is 2.29 bits per heavy atom. The molecule has 0 saturated carbocycles. The van der Waals surface area contributed by atoms with Gasteiger partial charge in [-0.3, -0.25) is 4.79 Å². The van der Waals surface area contributed by atoms with Gasteiger partial charge < -0.3 is 14.4 Å². The summed E-state index contributed by atoms with van der Waals surface area (Å²) in [4.78, 5) is 10.9. The van der Waals surface area contributed by atoms with Crippen LogP contribution in [-0.2, 0) is 14.1 Å². The Kier molecular flexibility index (Phi) is 2.87. The summed E-state index contributed by atoms with van der Waals surface area (Å²) < 4.78 is 11.8. The van der Waals surface area contributed by atoms with Crippen molar-refractivity contribution in [3.8, 4) is 0 Å². The number of carboxylic acid groups (broad SMARTS) is 1. The minimum absolute atomic E-state index is 0.361. The molecule has 2 rings (SSSR count). The van der Waals surface area contributed by atoms with Crippen LogP contribution in [0.1, 0.15) is 40.5 Å². The lowest BCUT2D eigenvalue weighted by Crippen LogP contribution is -2.41. The van der Waals surface area contributed by atoms with E-state index in [1.165, 1.54) is 0 Å². The fourth-order valence-electron chi connectivity index (χ4n) is 2.13. The molecule has 0 radical (unpaired) electrons. The number of hydrogen-bond donors (Lipinski definition) is 1. The molecule has 1 aliphatic carbocycles. The molecule has 1 atom stereocenters. The first-order valence-corrected chi connectivity index (χ1v) is 6.02. The van der Waals surface area contributed by atoms with E-state index in [0.29, 0.717) is 6.42 Å². The number of hydrogen-bond acceptors (Lipinski definition) is 3. The predicted molar refractivity (Wildman–Crippen MR) is 64.5 cm³/mol. The third-order valence-electron chi connectivity index (χ3n) is 4.03. The van der Waals surface area contributed by atoms with E-state index in [-0.39, 0.29) is 24.2 Å². The van der Waals surface area contributed by atoms with Crippen molar-refractivity contribution in [1.82, 2.24) is 0 Å². The molecule has 4 nitrogen and oxygen atoms in total. The van der Waals surface area contributed by atoms with Crippen molar-refractivity contribution in [3.05, 3.63) is 11.5 Å². The molecular formula is C12H19BO4. The minimum atomic E-state index is -0.767. The van der Waals surface area contributed by atoms with E-state index < -0.39 is 5.97 Å². The van der Waals surface area contributed by atoms with E-state index in [4.69, 9.17) is 14.4 Å². The van der Waals surface area contributed by atoms with Gasteiger partial charge in [-0.25, -0.2) is 0 Å². The zero-order valence-electron chi connectivity index (χ0n) is 10.8. The third kappa shape index (κ3) is 2.14. The van der Waals surface area contributed by atoms with Crippen LogP contribution < -0.4 is 0 Å². The maximum Gasteiger partial charge on any atom is 0.490 e. The molecule has 1 saturated heterocycles. The molecule has 0 amide bonds. The van der Waals surface area contributed by atoms with Crippen LogP contribution in [-0.4, -0.2) is 29.4 Å². The van der Waals surface area contributed by atoms with Gasteiger partial charge in [0.2, 0.25) is 0 Å². The second-order valence-corrected chi connectivity index (χ2v) is 5.81. The van der Waals surface area contributed by atoms with Crippen molar-refractivity contribution in [2.45, 2.75) is 51.7 Å². The number of rotatable bonds is 2. The van der Waals surface area contributed by atoms with Crippen molar-refractivity contribution in [2.75, 3.05) is 0 Å². The minimum Gasteiger partial charge on any atom is -0.481 e. The summed E-state index contributed by atoms with van der Waals surface area (Å²) >= 11 is 0.